The molecule has 1 rings (SSSR count). The van der Waals surface area contributed by atoms with Gasteiger partial charge in [-0.05, 0) is 31.2 Å². The van der Waals surface area contributed by atoms with E-state index in [1.165, 1.54) is 5.56 Å². The summed E-state index contributed by atoms with van der Waals surface area (Å²) in [5, 5.41) is 6.64. The first-order valence-corrected chi connectivity index (χ1v) is 8.47. The third-order valence-electron chi connectivity index (χ3n) is 3.84. The van der Waals surface area contributed by atoms with Crippen molar-refractivity contribution in [2.24, 2.45) is 4.99 Å². The number of ether oxygens (including phenoxy) is 3. The van der Waals surface area contributed by atoms with Gasteiger partial charge >= 0.3 is 0 Å². The minimum Gasteiger partial charge on any atom is -0.493 e. The largest absolute Gasteiger partial charge is 0.493 e. The Kier molecular flexibility index (Phi) is 14.1. The van der Waals surface area contributed by atoms with Crippen molar-refractivity contribution in [3.05, 3.63) is 23.8 Å². The van der Waals surface area contributed by atoms with Gasteiger partial charge < -0.3 is 29.7 Å². The summed E-state index contributed by atoms with van der Waals surface area (Å²) >= 11 is 0. The molecule has 0 atom stereocenters. The number of aliphatic imine (C=N–C) groups is 1. The summed E-state index contributed by atoms with van der Waals surface area (Å²) in [6.07, 6.45) is 0.870. The minimum absolute atomic E-state index is 0. The van der Waals surface area contributed by atoms with Gasteiger partial charge in [0.2, 0.25) is 0 Å². The van der Waals surface area contributed by atoms with Crippen LogP contribution >= 0.6 is 24.0 Å². The van der Waals surface area contributed by atoms with E-state index in [0.717, 1.165) is 56.7 Å². The Hall–Kier alpha value is -1.26. The fourth-order valence-electron chi connectivity index (χ4n) is 2.31. The number of methoxy groups -OCH3 is 3. The smallest absolute Gasteiger partial charge is 0.191 e. The molecule has 0 saturated heterocycles. The van der Waals surface area contributed by atoms with Crippen LogP contribution in [0.2, 0.25) is 0 Å². The van der Waals surface area contributed by atoms with E-state index in [-0.39, 0.29) is 24.0 Å². The van der Waals surface area contributed by atoms with Gasteiger partial charge in [-0.25, -0.2) is 0 Å². The predicted molar refractivity (Wildman–Crippen MR) is 117 cm³/mol. The third-order valence-corrected chi connectivity index (χ3v) is 3.84. The van der Waals surface area contributed by atoms with Gasteiger partial charge in [-0.3, -0.25) is 4.99 Å². The summed E-state index contributed by atoms with van der Waals surface area (Å²) in [5.74, 6) is 2.30. The number of halogens is 1. The first-order chi connectivity index (χ1) is 12.1. The maximum Gasteiger partial charge on any atom is 0.191 e. The number of guanidine groups is 1. The van der Waals surface area contributed by atoms with Crippen LogP contribution in [0.4, 0.5) is 0 Å². The van der Waals surface area contributed by atoms with E-state index < -0.39 is 0 Å². The third kappa shape index (κ3) is 9.44. The highest BCUT2D eigenvalue weighted by Gasteiger charge is 2.05. The molecule has 0 aliphatic rings. The van der Waals surface area contributed by atoms with Gasteiger partial charge in [-0.2, -0.15) is 0 Å². The van der Waals surface area contributed by atoms with Crippen LogP contribution in [0.3, 0.4) is 0 Å². The van der Waals surface area contributed by atoms with Gasteiger partial charge in [0, 0.05) is 40.3 Å². The Morgan fingerprint density at radius 1 is 1.04 bits per heavy atom. The van der Waals surface area contributed by atoms with Gasteiger partial charge in [0.25, 0.3) is 0 Å². The lowest BCUT2D eigenvalue weighted by atomic mass is 10.1. The number of hydrogen-bond acceptors (Lipinski definition) is 5. The van der Waals surface area contributed by atoms with E-state index in [1.807, 2.05) is 18.2 Å². The Morgan fingerprint density at radius 3 is 2.35 bits per heavy atom. The fraction of sp³-hybridized carbons (Fsp3) is 0.611. The molecule has 0 aliphatic carbocycles. The number of likely N-dealkylation sites (N-methyl/N-ethyl adjacent to an activating group) is 1. The van der Waals surface area contributed by atoms with Crippen molar-refractivity contribution in [2.45, 2.75) is 6.42 Å². The molecular weight excluding hydrogens is 447 g/mol. The average Bonchev–Trinajstić information content (AvgIpc) is 2.64. The second-order valence-electron chi connectivity index (χ2n) is 5.66. The van der Waals surface area contributed by atoms with Crippen LogP contribution in [0.1, 0.15) is 5.56 Å². The summed E-state index contributed by atoms with van der Waals surface area (Å²) < 4.78 is 15.7. The SMILES string of the molecule is CN=C(NCCc1ccc(OC)c(OC)c1)NCCN(C)CCOC.I. The van der Waals surface area contributed by atoms with E-state index in [9.17, 15) is 0 Å². The summed E-state index contributed by atoms with van der Waals surface area (Å²) in [4.78, 5) is 6.46. The highest BCUT2D eigenvalue weighted by atomic mass is 127. The zero-order chi connectivity index (χ0) is 18.5. The van der Waals surface area contributed by atoms with Gasteiger partial charge in [-0.1, -0.05) is 6.07 Å². The van der Waals surface area contributed by atoms with E-state index in [0.29, 0.717) is 0 Å². The first-order valence-electron chi connectivity index (χ1n) is 8.47. The molecule has 1 aromatic carbocycles. The highest BCUT2D eigenvalue weighted by molar-refractivity contribution is 14.0. The maximum atomic E-state index is 5.33. The van der Waals surface area contributed by atoms with Crippen molar-refractivity contribution in [1.29, 1.82) is 0 Å². The van der Waals surface area contributed by atoms with Crippen molar-refractivity contribution in [3.8, 4) is 11.5 Å². The maximum absolute atomic E-state index is 5.33. The molecule has 2 N–H and O–H groups in total. The Morgan fingerprint density at radius 2 is 1.73 bits per heavy atom. The Labute approximate surface area is 174 Å². The van der Waals surface area contributed by atoms with Gasteiger partial charge in [-0.15, -0.1) is 24.0 Å². The standard InChI is InChI=1S/C18H32N4O3.HI/c1-19-18(21-10-11-22(2)12-13-23-3)20-9-8-15-6-7-16(24-4)17(14-15)25-5;/h6-7,14H,8-13H2,1-5H3,(H2,19,20,21);1H. The summed E-state index contributed by atoms with van der Waals surface area (Å²) in [7, 11) is 8.86. The molecule has 0 saturated carbocycles. The fourth-order valence-corrected chi connectivity index (χ4v) is 2.31. The second kappa shape index (κ2) is 14.9. The second-order valence-corrected chi connectivity index (χ2v) is 5.66. The first kappa shape index (κ1) is 24.7. The van der Waals surface area contributed by atoms with Crippen LogP contribution in [-0.4, -0.2) is 79.1 Å². The Bertz CT molecular complexity index is 529. The number of nitrogens with one attached hydrogen (secondary N) is 2. The zero-order valence-electron chi connectivity index (χ0n) is 16.5. The molecule has 0 amide bonds. The van der Waals surface area contributed by atoms with Crippen LogP contribution in [-0.2, 0) is 11.2 Å². The molecule has 0 bridgehead atoms. The monoisotopic (exact) mass is 480 g/mol. The lowest BCUT2D eigenvalue weighted by Gasteiger charge is -2.18. The topological polar surface area (TPSA) is 67.4 Å². The molecule has 0 aromatic heterocycles. The molecule has 150 valence electrons. The quantitative estimate of drug-likeness (QED) is 0.285. The summed E-state index contributed by atoms with van der Waals surface area (Å²) in [6.45, 7) is 4.21. The average molecular weight is 480 g/mol. The van der Waals surface area contributed by atoms with Crippen molar-refractivity contribution < 1.29 is 14.2 Å². The van der Waals surface area contributed by atoms with E-state index in [2.05, 4.69) is 27.6 Å². The lowest BCUT2D eigenvalue weighted by molar-refractivity contribution is 0.162. The summed E-state index contributed by atoms with van der Waals surface area (Å²) in [6, 6.07) is 5.97. The molecule has 0 aliphatic heterocycles. The van der Waals surface area contributed by atoms with Crippen molar-refractivity contribution in [1.82, 2.24) is 15.5 Å². The minimum atomic E-state index is 0. The van der Waals surface area contributed by atoms with Crippen molar-refractivity contribution in [3.63, 3.8) is 0 Å². The van der Waals surface area contributed by atoms with E-state index >= 15 is 0 Å². The van der Waals surface area contributed by atoms with E-state index in [1.54, 1.807) is 28.4 Å². The van der Waals surface area contributed by atoms with Gasteiger partial charge in [0.1, 0.15) is 0 Å². The molecule has 26 heavy (non-hydrogen) atoms. The van der Waals surface area contributed by atoms with E-state index in [4.69, 9.17) is 14.2 Å². The van der Waals surface area contributed by atoms with Gasteiger partial charge in [0.05, 0.1) is 20.8 Å². The molecule has 0 radical (unpaired) electrons. The summed E-state index contributed by atoms with van der Waals surface area (Å²) in [5.41, 5.74) is 1.18. The van der Waals surface area contributed by atoms with Crippen LogP contribution in [0.15, 0.2) is 23.2 Å². The normalized spacial score (nSPS) is 11.1. The molecule has 7 nitrogen and oxygen atoms in total. The molecule has 8 heteroatoms. The molecule has 0 fully saturated rings. The number of benzene rings is 1. The number of rotatable bonds is 11. The molecular formula is C18H33IN4O3. The van der Waals surface area contributed by atoms with Crippen LogP contribution in [0, 0.1) is 0 Å². The molecule has 0 heterocycles. The molecule has 0 unspecified atom stereocenters. The molecule has 1 aromatic rings. The van der Waals surface area contributed by atoms with Crippen molar-refractivity contribution >= 4 is 29.9 Å². The predicted octanol–water partition coefficient (Wildman–Crippen LogP) is 1.61. The van der Waals surface area contributed by atoms with Crippen LogP contribution in [0.5, 0.6) is 11.5 Å². The Balaban J connectivity index is 0.00000625. The van der Waals surface area contributed by atoms with Crippen molar-refractivity contribution in [2.75, 3.05) is 68.2 Å². The zero-order valence-corrected chi connectivity index (χ0v) is 18.8. The van der Waals surface area contributed by atoms with Crippen LogP contribution < -0.4 is 20.1 Å². The van der Waals surface area contributed by atoms with Gasteiger partial charge in [0.15, 0.2) is 17.5 Å². The van der Waals surface area contributed by atoms with Crippen LogP contribution in [0.25, 0.3) is 0 Å². The highest BCUT2D eigenvalue weighted by Crippen LogP contribution is 2.27. The molecule has 0 spiro atoms. The number of hydrogen-bond donors (Lipinski definition) is 2. The lowest BCUT2D eigenvalue weighted by Crippen LogP contribution is -2.42. The number of nitrogens with zero attached hydrogens (tertiary/aromatic N) is 2.